The lowest BCUT2D eigenvalue weighted by Crippen LogP contribution is -1.90. The molecule has 0 amide bonds. The van der Waals surface area contributed by atoms with Gasteiger partial charge in [0.15, 0.2) is 0 Å². The van der Waals surface area contributed by atoms with Gasteiger partial charge in [-0.15, -0.1) is 11.3 Å². The van der Waals surface area contributed by atoms with Crippen LogP contribution < -0.4 is 0 Å². The molecular formula is C32H20S. The summed E-state index contributed by atoms with van der Waals surface area (Å²) >= 11 is 1.56. The van der Waals surface area contributed by atoms with E-state index in [1.807, 2.05) is 36.4 Å². The minimum absolute atomic E-state index is 0.0933. The summed E-state index contributed by atoms with van der Waals surface area (Å²) in [5.74, 6) is 0. The highest BCUT2D eigenvalue weighted by atomic mass is 32.1. The standard InChI is InChI=1S/C32H20S/c1-2-10-21(11-3-1)31-24-13-4-6-15-26(24)32(27-16-7-5-14-25(27)31)22-18-19-30-28(20-22)23-12-8-9-17-29(23)33-30/h1-20H/i1D,2D,3D,4D,5D,6D,7D,10D,11D,13D,14D,15D,16D. The molecule has 0 saturated heterocycles. The Morgan fingerprint density at radius 1 is 0.455 bits per heavy atom. The van der Waals surface area contributed by atoms with Gasteiger partial charge in [-0.1, -0.05) is 103 Å². The predicted octanol–water partition coefficient (Wildman–Crippen LogP) is 9.69. The van der Waals surface area contributed by atoms with Crippen LogP contribution in [0.3, 0.4) is 0 Å². The van der Waals surface area contributed by atoms with Crippen molar-refractivity contribution in [1.29, 1.82) is 0 Å². The Bertz CT molecular complexity index is 2410. The molecule has 0 aliphatic heterocycles. The molecule has 1 heteroatoms. The molecule has 0 N–H and O–H groups in total. The van der Waals surface area contributed by atoms with Crippen LogP contribution >= 0.6 is 11.3 Å². The molecule has 0 saturated carbocycles. The quantitative estimate of drug-likeness (QED) is 0.230. The second-order valence-corrected chi connectivity index (χ2v) is 8.64. The highest BCUT2D eigenvalue weighted by Gasteiger charge is 2.17. The Labute approximate surface area is 214 Å². The molecule has 1 heterocycles. The fraction of sp³-hybridized carbons (Fsp3) is 0. The number of fused-ring (bicyclic) bond motifs is 5. The lowest BCUT2D eigenvalue weighted by Gasteiger charge is -2.17. The van der Waals surface area contributed by atoms with E-state index in [4.69, 9.17) is 17.8 Å². The summed E-state index contributed by atoms with van der Waals surface area (Å²) in [5, 5.41) is 1.17. The van der Waals surface area contributed by atoms with E-state index in [-0.39, 0.29) is 32.7 Å². The van der Waals surface area contributed by atoms with Gasteiger partial charge >= 0.3 is 0 Å². The van der Waals surface area contributed by atoms with Gasteiger partial charge < -0.3 is 0 Å². The maximum Gasteiger partial charge on any atom is 0.0629 e. The van der Waals surface area contributed by atoms with Crippen molar-refractivity contribution < 1.29 is 17.8 Å². The third-order valence-electron chi connectivity index (χ3n) is 5.79. The minimum atomic E-state index is -0.696. The minimum Gasteiger partial charge on any atom is -0.135 e. The normalized spacial score (nSPS) is 17.2. The van der Waals surface area contributed by atoms with E-state index in [1.165, 1.54) is 0 Å². The van der Waals surface area contributed by atoms with E-state index < -0.39 is 84.1 Å². The van der Waals surface area contributed by atoms with Crippen LogP contribution in [-0.2, 0) is 0 Å². The van der Waals surface area contributed by atoms with Crippen molar-refractivity contribution in [2.45, 2.75) is 0 Å². The molecule has 0 bridgehead atoms. The third kappa shape index (κ3) is 2.83. The molecule has 0 aliphatic rings. The highest BCUT2D eigenvalue weighted by molar-refractivity contribution is 7.25. The molecule has 7 aromatic rings. The molecular weight excluding hydrogens is 416 g/mol. The van der Waals surface area contributed by atoms with Crippen molar-refractivity contribution in [3.8, 4) is 22.3 Å². The van der Waals surface area contributed by atoms with Crippen molar-refractivity contribution in [3.63, 3.8) is 0 Å². The van der Waals surface area contributed by atoms with Gasteiger partial charge in [-0.2, -0.15) is 0 Å². The summed E-state index contributed by atoms with van der Waals surface area (Å²) in [5.41, 5.74) is -0.167. The van der Waals surface area contributed by atoms with Gasteiger partial charge in [0.1, 0.15) is 0 Å². The first-order chi connectivity index (χ1) is 21.8. The fourth-order valence-corrected chi connectivity index (χ4v) is 5.51. The molecule has 0 fully saturated rings. The van der Waals surface area contributed by atoms with Crippen molar-refractivity contribution in [2.24, 2.45) is 0 Å². The molecule has 0 atom stereocenters. The average Bonchev–Trinajstić information content (AvgIpc) is 3.43. The summed E-state index contributed by atoms with van der Waals surface area (Å²) < 4.78 is 115. The van der Waals surface area contributed by atoms with E-state index in [9.17, 15) is 0 Å². The molecule has 0 radical (unpaired) electrons. The number of hydrogen-bond donors (Lipinski definition) is 0. The van der Waals surface area contributed by atoms with Crippen LogP contribution in [0.4, 0.5) is 0 Å². The molecule has 6 aromatic carbocycles. The number of benzene rings is 6. The van der Waals surface area contributed by atoms with Gasteiger partial charge in [0, 0.05) is 20.2 Å². The van der Waals surface area contributed by atoms with Crippen LogP contribution in [0.15, 0.2) is 121 Å². The Hall–Kier alpha value is -3.94. The maximum absolute atomic E-state index is 9.08. The second kappa shape index (κ2) is 7.30. The summed E-state index contributed by atoms with van der Waals surface area (Å²) in [6, 6.07) is 5.15. The van der Waals surface area contributed by atoms with E-state index in [0.717, 1.165) is 20.2 Å². The first-order valence-corrected chi connectivity index (χ1v) is 11.0. The molecule has 1 aromatic heterocycles. The van der Waals surface area contributed by atoms with Crippen LogP contribution in [0, 0.1) is 0 Å². The Balaban J connectivity index is 1.84. The van der Waals surface area contributed by atoms with Gasteiger partial charge in [0.05, 0.1) is 17.8 Å². The zero-order chi connectivity index (χ0) is 33.1. The zero-order valence-electron chi connectivity index (χ0n) is 29.9. The number of rotatable bonds is 2. The summed E-state index contributed by atoms with van der Waals surface area (Å²) in [7, 11) is 0. The van der Waals surface area contributed by atoms with Crippen molar-refractivity contribution in [1.82, 2.24) is 0 Å². The van der Waals surface area contributed by atoms with Gasteiger partial charge in [0.2, 0.25) is 0 Å². The largest absolute Gasteiger partial charge is 0.135 e. The number of hydrogen-bond acceptors (Lipinski definition) is 1. The molecule has 0 spiro atoms. The SMILES string of the molecule is [2H]c1c([2H])c([2H])c(-c2c3c([2H])c([2H])c([2H])c([2H])c3c(-c3ccc4sc5ccccc5c4c3)c3c([2H])c([2H])c([2H])c([2H])c23)c([2H])c1[2H]. The second-order valence-electron chi connectivity index (χ2n) is 7.56. The van der Waals surface area contributed by atoms with Crippen LogP contribution in [0.2, 0.25) is 0 Å². The van der Waals surface area contributed by atoms with E-state index in [1.54, 1.807) is 17.4 Å². The van der Waals surface area contributed by atoms with Crippen LogP contribution in [0.25, 0.3) is 64.0 Å². The monoisotopic (exact) mass is 449 g/mol. The number of thiophene rings is 1. The van der Waals surface area contributed by atoms with E-state index in [0.29, 0.717) is 5.56 Å². The Morgan fingerprint density at radius 3 is 1.67 bits per heavy atom. The molecule has 0 nitrogen and oxygen atoms in total. The molecule has 0 unspecified atom stereocenters. The van der Waals surface area contributed by atoms with Crippen LogP contribution in [0.1, 0.15) is 17.8 Å². The Kier molecular flexibility index (Phi) is 2.19. The summed E-state index contributed by atoms with van der Waals surface area (Å²) in [6.45, 7) is 0. The van der Waals surface area contributed by atoms with Gasteiger partial charge in [-0.25, -0.2) is 0 Å². The predicted molar refractivity (Wildman–Crippen MR) is 145 cm³/mol. The summed E-state index contributed by atoms with van der Waals surface area (Å²) in [6.07, 6.45) is 0. The van der Waals surface area contributed by atoms with Crippen LogP contribution in [0.5, 0.6) is 0 Å². The average molecular weight is 450 g/mol. The van der Waals surface area contributed by atoms with Gasteiger partial charge in [-0.05, 0) is 62.0 Å². The van der Waals surface area contributed by atoms with Crippen molar-refractivity contribution >= 4 is 53.1 Å². The zero-order valence-corrected chi connectivity index (χ0v) is 17.8. The molecule has 7 rings (SSSR count). The Morgan fingerprint density at radius 2 is 1.00 bits per heavy atom. The topological polar surface area (TPSA) is 0 Å². The van der Waals surface area contributed by atoms with Crippen molar-refractivity contribution in [3.05, 3.63) is 121 Å². The van der Waals surface area contributed by atoms with E-state index in [2.05, 4.69) is 0 Å². The highest BCUT2D eigenvalue weighted by Crippen LogP contribution is 2.45. The van der Waals surface area contributed by atoms with Gasteiger partial charge in [0.25, 0.3) is 0 Å². The lowest BCUT2D eigenvalue weighted by atomic mass is 9.86. The first-order valence-electron chi connectivity index (χ1n) is 16.7. The molecule has 154 valence electrons. The summed E-state index contributed by atoms with van der Waals surface area (Å²) in [4.78, 5) is 0. The van der Waals surface area contributed by atoms with E-state index >= 15 is 0 Å². The van der Waals surface area contributed by atoms with Gasteiger partial charge in [-0.3, -0.25) is 0 Å². The first kappa shape index (κ1) is 9.91. The third-order valence-corrected chi connectivity index (χ3v) is 6.94. The molecule has 0 aliphatic carbocycles. The van der Waals surface area contributed by atoms with Crippen LogP contribution in [-0.4, -0.2) is 0 Å². The smallest absolute Gasteiger partial charge is 0.0629 e. The lowest BCUT2D eigenvalue weighted by molar-refractivity contribution is 1.66. The maximum atomic E-state index is 9.08. The molecule has 33 heavy (non-hydrogen) atoms. The van der Waals surface area contributed by atoms with Crippen molar-refractivity contribution in [2.75, 3.05) is 0 Å². The fourth-order valence-electron chi connectivity index (χ4n) is 4.42.